The van der Waals surface area contributed by atoms with Crippen LogP contribution in [0.15, 0.2) is 40.6 Å². The predicted molar refractivity (Wildman–Crippen MR) is 122 cm³/mol. The minimum absolute atomic E-state index is 0.129. The van der Waals surface area contributed by atoms with Gasteiger partial charge in [-0.15, -0.1) is 11.3 Å². The topological polar surface area (TPSA) is 84.0 Å². The molecule has 1 aromatic carbocycles. The van der Waals surface area contributed by atoms with Crippen molar-refractivity contribution < 1.29 is 22.7 Å². The third kappa shape index (κ3) is 5.05. The molecule has 0 N–H and O–H groups in total. The number of esters is 1. The fraction of sp³-hybridized carbons (Fsp3) is 0.478. The Hall–Kier alpha value is -2.23. The van der Waals surface area contributed by atoms with E-state index in [1.165, 1.54) is 14.7 Å². The fourth-order valence-electron chi connectivity index (χ4n) is 4.15. The summed E-state index contributed by atoms with van der Waals surface area (Å²) in [5, 5.41) is 2.04. The first kappa shape index (κ1) is 22.9. The second kappa shape index (κ2) is 9.72. The Morgan fingerprint density at radius 2 is 1.81 bits per heavy atom. The number of hydrogen-bond donors (Lipinski definition) is 0. The van der Waals surface area contributed by atoms with E-state index in [0.717, 1.165) is 24.8 Å². The van der Waals surface area contributed by atoms with E-state index in [1.807, 2.05) is 11.4 Å². The van der Waals surface area contributed by atoms with Crippen LogP contribution in [0.5, 0.6) is 0 Å². The quantitative estimate of drug-likeness (QED) is 0.574. The molecule has 1 saturated heterocycles. The Balaban J connectivity index is 1.26. The molecular weight excluding hydrogens is 448 g/mol. The van der Waals surface area contributed by atoms with Gasteiger partial charge in [0.2, 0.25) is 10.0 Å². The minimum atomic E-state index is -3.44. The molecule has 0 spiro atoms. The van der Waals surface area contributed by atoms with Gasteiger partial charge < -0.3 is 9.64 Å². The predicted octanol–water partition coefficient (Wildman–Crippen LogP) is 2.98. The van der Waals surface area contributed by atoms with Gasteiger partial charge >= 0.3 is 5.97 Å². The lowest BCUT2D eigenvalue weighted by atomic mass is 10.1. The van der Waals surface area contributed by atoms with Crippen molar-refractivity contribution in [3.05, 3.63) is 51.7 Å². The number of amides is 1. The van der Waals surface area contributed by atoms with E-state index in [1.54, 1.807) is 47.4 Å². The molecule has 4 rings (SSSR count). The lowest BCUT2D eigenvalue weighted by Crippen LogP contribution is -2.42. The molecule has 0 aliphatic carbocycles. The van der Waals surface area contributed by atoms with Gasteiger partial charge in [0.1, 0.15) is 0 Å². The van der Waals surface area contributed by atoms with Crippen LogP contribution in [0.3, 0.4) is 0 Å². The molecule has 2 aliphatic heterocycles. The maximum absolute atomic E-state index is 12.7. The molecule has 1 fully saturated rings. The van der Waals surface area contributed by atoms with Crippen LogP contribution in [0, 0.1) is 0 Å². The van der Waals surface area contributed by atoms with E-state index < -0.39 is 22.1 Å². The second-order valence-electron chi connectivity index (χ2n) is 8.27. The Morgan fingerprint density at radius 3 is 2.53 bits per heavy atom. The SMILES string of the molecule is CC(OC(=O)CCc1ccc(S(=O)(=O)N2CCCC2)cc1)C(=O)N1CCc2sccc2C1. The van der Waals surface area contributed by atoms with Crippen molar-refractivity contribution in [3.8, 4) is 0 Å². The summed E-state index contributed by atoms with van der Waals surface area (Å²) in [5.41, 5.74) is 2.02. The number of ether oxygens (including phenoxy) is 1. The highest BCUT2D eigenvalue weighted by Crippen LogP contribution is 2.25. The van der Waals surface area contributed by atoms with Gasteiger partial charge in [-0.05, 0) is 67.3 Å². The first-order chi connectivity index (χ1) is 15.3. The Kier molecular flexibility index (Phi) is 6.97. The maximum atomic E-state index is 12.7. The largest absolute Gasteiger partial charge is 0.453 e. The molecule has 1 unspecified atom stereocenters. The molecule has 9 heteroatoms. The molecule has 3 heterocycles. The second-order valence-corrected chi connectivity index (χ2v) is 11.2. The molecule has 0 saturated carbocycles. The smallest absolute Gasteiger partial charge is 0.306 e. The third-order valence-electron chi connectivity index (χ3n) is 6.02. The monoisotopic (exact) mass is 476 g/mol. The Bertz CT molecular complexity index is 1070. The summed E-state index contributed by atoms with van der Waals surface area (Å²) >= 11 is 1.71. The van der Waals surface area contributed by atoms with E-state index in [9.17, 15) is 18.0 Å². The molecule has 7 nitrogen and oxygen atoms in total. The van der Waals surface area contributed by atoms with Crippen molar-refractivity contribution in [2.24, 2.45) is 0 Å². The van der Waals surface area contributed by atoms with Crippen LogP contribution in [0.25, 0.3) is 0 Å². The highest BCUT2D eigenvalue weighted by atomic mass is 32.2. The van der Waals surface area contributed by atoms with Crippen molar-refractivity contribution in [3.63, 3.8) is 0 Å². The van der Waals surface area contributed by atoms with Crippen LogP contribution in [0.2, 0.25) is 0 Å². The molecule has 172 valence electrons. The first-order valence-electron chi connectivity index (χ1n) is 11.0. The summed E-state index contributed by atoms with van der Waals surface area (Å²) in [6.45, 7) is 3.95. The molecule has 1 aromatic heterocycles. The first-order valence-corrected chi connectivity index (χ1v) is 13.3. The van der Waals surface area contributed by atoms with E-state index in [0.29, 0.717) is 32.6 Å². The van der Waals surface area contributed by atoms with Crippen LogP contribution in [0.4, 0.5) is 0 Å². The Labute approximate surface area is 193 Å². The molecule has 1 atom stereocenters. The third-order valence-corrected chi connectivity index (χ3v) is 8.96. The van der Waals surface area contributed by atoms with Gasteiger partial charge in [0.25, 0.3) is 5.91 Å². The molecule has 32 heavy (non-hydrogen) atoms. The number of aryl methyl sites for hydroxylation is 1. The number of benzene rings is 1. The molecule has 2 aromatic rings. The minimum Gasteiger partial charge on any atom is -0.453 e. The molecule has 0 bridgehead atoms. The number of carbonyl (C=O) groups excluding carboxylic acids is 2. The lowest BCUT2D eigenvalue weighted by Gasteiger charge is -2.29. The van der Waals surface area contributed by atoms with Gasteiger partial charge in [0.15, 0.2) is 6.10 Å². The summed E-state index contributed by atoms with van der Waals surface area (Å²) in [5.74, 6) is -0.612. The van der Waals surface area contributed by atoms with Gasteiger partial charge in [-0.25, -0.2) is 8.42 Å². The number of carbonyl (C=O) groups is 2. The number of sulfonamides is 1. The normalized spacial score (nSPS) is 17.7. The van der Waals surface area contributed by atoms with Crippen LogP contribution < -0.4 is 0 Å². The van der Waals surface area contributed by atoms with Crippen molar-refractivity contribution in [2.45, 2.75) is 56.6 Å². The van der Waals surface area contributed by atoms with E-state index in [2.05, 4.69) is 0 Å². The lowest BCUT2D eigenvalue weighted by molar-refractivity contribution is -0.159. The van der Waals surface area contributed by atoms with Gasteiger partial charge in [-0.2, -0.15) is 4.31 Å². The van der Waals surface area contributed by atoms with Crippen LogP contribution in [-0.2, 0) is 43.7 Å². The van der Waals surface area contributed by atoms with Gasteiger partial charge in [0, 0.05) is 37.5 Å². The number of fused-ring (bicyclic) bond motifs is 1. The van der Waals surface area contributed by atoms with Gasteiger partial charge in [-0.1, -0.05) is 12.1 Å². The summed E-state index contributed by atoms with van der Waals surface area (Å²) in [7, 11) is -3.44. The molecule has 1 amide bonds. The summed E-state index contributed by atoms with van der Waals surface area (Å²) in [6, 6.07) is 8.69. The van der Waals surface area contributed by atoms with Crippen LogP contribution in [-0.4, -0.2) is 55.2 Å². The molecule has 2 aliphatic rings. The number of rotatable bonds is 7. The highest BCUT2D eigenvalue weighted by molar-refractivity contribution is 7.89. The zero-order valence-electron chi connectivity index (χ0n) is 18.2. The standard InChI is InChI=1S/C23H28N2O5S2/c1-17(23(27)24-14-10-21-19(16-24)11-15-31-21)30-22(26)9-6-18-4-7-20(8-5-18)32(28,29)25-12-2-3-13-25/h4-5,7-8,11,15,17H,2-3,6,9-10,12-14,16H2,1H3. The summed E-state index contributed by atoms with van der Waals surface area (Å²) in [6.07, 6.45) is 2.36. The fourth-order valence-corrected chi connectivity index (χ4v) is 6.56. The van der Waals surface area contributed by atoms with Crippen molar-refractivity contribution in [2.75, 3.05) is 19.6 Å². The number of hydrogen-bond acceptors (Lipinski definition) is 6. The zero-order valence-corrected chi connectivity index (χ0v) is 19.8. The average molecular weight is 477 g/mol. The summed E-state index contributed by atoms with van der Waals surface area (Å²) < 4.78 is 32.1. The van der Waals surface area contributed by atoms with Crippen LogP contribution in [0.1, 0.15) is 42.2 Å². The van der Waals surface area contributed by atoms with Crippen molar-refractivity contribution in [1.82, 2.24) is 9.21 Å². The maximum Gasteiger partial charge on any atom is 0.306 e. The van der Waals surface area contributed by atoms with E-state index >= 15 is 0 Å². The molecular formula is C23H28N2O5S2. The summed E-state index contributed by atoms with van der Waals surface area (Å²) in [4.78, 5) is 28.3. The molecule has 0 radical (unpaired) electrons. The zero-order chi connectivity index (χ0) is 22.7. The van der Waals surface area contributed by atoms with Gasteiger partial charge in [-0.3, -0.25) is 9.59 Å². The van der Waals surface area contributed by atoms with Crippen molar-refractivity contribution in [1.29, 1.82) is 0 Å². The van der Waals surface area contributed by atoms with Crippen molar-refractivity contribution >= 4 is 33.2 Å². The average Bonchev–Trinajstić information content (AvgIpc) is 3.49. The van der Waals surface area contributed by atoms with Crippen LogP contribution >= 0.6 is 11.3 Å². The van der Waals surface area contributed by atoms with E-state index in [4.69, 9.17) is 4.74 Å². The number of nitrogens with zero attached hydrogens (tertiary/aromatic N) is 2. The van der Waals surface area contributed by atoms with E-state index in [-0.39, 0.29) is 17.2 Å². The Morgan fingerprint density at radius 1 is 1.09 bits per heavy atom. The van der Waals surface area contributed by atoms with Gasteiger partial charge in [0.05, 0.1) is 4.90 Å². The highest BCUT2D eigenvalue weighted by Gasteiger charge is 2.28. The number of thiophene rings is 1.